The fourth-order valence-electron chi connectivity index (χ4n) is 2.09. The second-order valence-electron chi connectivity index (χ2n) is 5.58. The number of thiazole rings is 1. The van der Waals surface area contributed by atoms with E-state index in [2.05, 4.69) is 20.6 Å². The highest BCUT2D eigenvalue weighted by atomic mass is 32.1. The summed E-state index contributed by atoms with van der Waals surface area (Å²) in [4.78, 5) is 7.95. The lowest BCUT2D eigenvalue weighted by Gasteiger charge is -2.11. The van der Waals surface area contributed by atoms with Crippen molar-refractivity contribution in [1.29, 1.82) is 0 Å². The number of aryl methyl sites for hydroxylation is 1. The SMILES string of the molecule is CCNC(=NCc1ccc(C)c(F)c1)NCCc1nc(C(F)(F)F)cs1. The molecule has 0 radical (unpaired) electrons. The van der Waals surface area contributed by atoms with Crippen LogP contribution in [0.25, 0.3) is 0 Å². The second kappa shape index (κ2) is 8.98. The first-order valence-corrected chi connectivity index (χ1v) is 8.96. The molecule has 0 fully saturated rings. The van der Waals surface area contributed by atoms with E-state index in [-0.39, 0.29) is 5.82 Å². The van der Waals surface area contributed by atoms with Gasteiger partial charge in [0.15, 0.2) is 11.7 Å². The van der Waals surface area contributed by atoms with Gasteiger partial charge in [0.1, 0.15) is 5.82 Å². The smallest absolute Gasteiger partial charge is 0.357 e. The number of benzene rings is 1. The van der Waals surface area contributed by atoms with E-state index in [1.54, 1.807) is 19.1 Å². The number of hydrogen-bond acceptors (Lipinski definition) is 3. The third-order valence-corrected chi connectivity index (χ3v) is 4.38. The lowest BCUT2D eigenvalue weighted by molar-refractivity contribution is -0.140. The number of guanidine groups is 1. The van der Waals surface area contributed by atoms with Gasteiger partial charge in [-0.05, 0) is 31.0 Å². The highest BCUT2D eigenvalue weighted by molar-refractivity contribution is 7.09. The maximum Gasteiger partial charge on any atom is 0.434 e. The van der Waals surface area contributed by atoms with Gasteiger partial charge in [-0.2, -0.15) is 13.2 Å². The van der Waals surface area contributed by atoms with Gasteiger partial charge >= 0.3 is 6.18 Å². The van der Waals surface area contributed by atoms with Crippen LogP contribution in [0.1, 0.15) is 28.8 Å². The van der Waals surface area contributed by atoms with Crippen molar-refractivity contribution in [2.24, 2.45) is 4.99 Å². The van der Waals surface area contributed by atoms with Crippen LogP contribution in [0.2, 0.25) is 0 Å². The lowest BCUT2D eigenvalue weighted by atomic mass is 10.1. The van der Waals surface area contributed by atoms with Crippen molar-refractivity contribution in [2.75, 3.05) is 13.1 Å². The molecule has 0 aliphatic heterocycles. The summed E-state index contributed by atoms with van der Waals surface area (Å²) in [6.45, 7) is 4.90. The molecule has 0 amide bonds. The van der Waals surface area contributed by atoms with Crippen LogP contribution in [0.5, 0.6) is 0 Å². The highest BCUT2D eigenvalue weighted by Gasteiger charge is 2.33. The molecule has 2 rings (SSSR count). The van der Waals surface area contributed by atoms with Crippen LogP contribution in [0.4, 0.5) is 17.6 Å². The quantitative estimate of drug-likeness (QED) is 0.448. The zero-order valence-corrected chi connectivity index (χ0v) is 15.3. The van der Waals surface area contributed by atoms with Gasteiger partial charge in [0.05, 0.1) is 11.6 Å². The van der Waals surface area contributed by atoms with Crippen LogP contribution in [0.3, 0.4) is 0 Å². The highest BCUT2D eigenvalue weighted by Crippen LogP contribution is 2.29. The molecule has 9 heteroatoms. The molecule has 0 atom stereocenters. The summed E-state index contributed by atoms with van der Waals surface area (Å²) in [5.74, 6) is 0.237. The molecule has 0 aliphatic rings. The lowest BCUT2D eigenvalue weighted by Crippen LogP contribution is -2.38. The number of alkyl halides is 3. The molecule has 1 heterocycles. The van der Waals surface area contributed by atoms with Crippen molar-refractivity contribution in [3.63, 3.8) is 0 Å². The zero-order chi connectivity index (χ0) is 19.2. The van der Waals surface area contributed by atoms with Crippen LogP contribution in [0.15, 0.2) is 28.6 Å². The summed E-state index contributed by atoms with van der Waals surface area (Å²) >= 11 is 0.982. The number of nitrogens with zero attached hydrogens (tertiary/aromatic N) is 2. The summed E-state index contributed by atoms with van der Waals surface area (Å²) in [5, 5.41) is 7.51. The summed E-state index contributed by atoms with van der Waals surface area (Å²) in [7, 11) is 0. The van der Waals surface area contributed by atoms with Gasteiger partial charge in [-0.25, -0.2) is 14.4 Å². The first-order chi connectivity index (χ1) is 12.3. The predicted molar refractivity (Wildman–Crippen MR) is 94.8 cm³/mol. The van der Waals surface area contributed by atoms with E-state index in [1.165, 1.54) is 6.07 Å². The van der Waals surface area contributed by atoms with Gasteiger partial charge in [-0.15, -0.1) is 11.3 Å². The number of rotatable bonds is 6. The van der Waals surface area contributed by atoms with Crippen molar-refractivity contribution in [1.82, 2.24) is 15.6 Å². The van der Waals surface area contributed by atoms with E-state index in [0.29, 0.717) is 42.6 Å². The average Bonchev–Trinajstić information content (AvgIpc) is 3.05. The van der Waals surface area contributed by atoms with Crippen LogP contribution < -0.4 is 10.6 Å². The molecule has 0 bridgehead atoms. The number of nitrogens with one attached hydrogen (secondary N) is 2. The topological polar surface area (TPSA) is 49.3 Å². The Morgan fingerprint density at radius 3 is 2.65 bits per heavy atom. The van der Waals surface area contributed by atoms with E-state index in [4.69, 9.17) is 0 Å². The van der Waals surface area contributed by atoms with Gasteiger partial charge in [0.2, 0.25) is 0 Å². The molecule has 142 valence electrons. The minimum atomic E-state index is -4.41. The Labute approximate surface area is 153 Å². The van der Waals surface area contributed by atoms with Gasteiger partial charge in [-0.3, -0.25) is 0 Å². The molecular weight excluding hydrogens is 368 g/mol. The Bertz CT molecular complexity index is 755. The Hall–Kier alpha value is -2.16. The van der Waals surface area contributed by atoms with Crippen molar-refractivity contribution >= 4 is 17.3 Å². The standard InChI is InChI=1S/C17H20F4N4S/c1-3-22-16(24-9-12-5-4-11(2)13(18)8-12)23-7-6-15-25-14(10-26-15)17(19,20)21/h4-5,8,10H,3,6-7,9H2,1-2H3,(H2,22,23,24). The molecule has 2 aromatic rings. The number of aliphatic imine (C=N–C) groups is 1. The van der Waals surface area contributed by atoms with Gasteiger partial charge in [0.25, 0.3) is 0 Å². The molecule has 1 aromatic heterocycles. The number of aromatic nitrogens is 1. The van der Waals surface area contributed by atoms with Crippen molar-refractivity contribution in [3.8, 4) is 0 Å². The first-order valence-electron chi connectivity index (χ1n) is 8.08. The number of hydrogen-bond donors (Lipinski definition) is 2. The molecule has 4 nitrogen and oxygen atoms in total. The average molecular weight is 388 g/mol. The monoisotopic (exact) mass is 388 g/mol. The normalized spacial score (nSPS) is 12.3. The minimum absolute atomic E-state index is 0.278. The maximum absolute atomic E-state index is 13.6. The molecule has 26 heavy (non-hydrogen) atoms. The summed E-state index contributed by atoms with van der Waals surface area (Å²) < 4.78 is 51.2. The Morgan fingerprint density at radius 1 is 1.27 bits per heavy atom. The Kier molecular flexibility index (Phi) is 6.96. The molecule has 0 unspecified atom stereocenters. The van der Waals surface area contributed by atoms with Crippen molar-refractivity contribution < 1.29 is 17.6 Å². The predicted octanol–water partition coefficient (Wildman–Crippen LogP) is 3.91. The molecular formula is C17H20F4N4S. The second-order valence-corrected chi connectivity index (χ2v) is 6.52. The van der Waals surface area contributed by atoms with E-state index in [1.807, 2.05) is 6.92 Å². The Balaban J connectivity index is 1.90. The first kappa shape index (κ1) is 20.2. The summed E-state index contributed by atoms with van der Waals surface area (Å²) in [5.41, 5.74) is 0.448. The molecule has 2 N–H and O–H groups in total. The van der Waals surface area contributed by atoms with Gasteiger partial charge < -0.3 is 10.6 Å². The van der Waals surface area contributed by atoms with Crippen LogP contribution >= 0.6 is 11.3 Å². The van der Waals surface area contributed by atoms with Crippen LogP contribution in [-0.2, 0) is 19.1 Å². The summed E-state index contributed by atoms with van der Waals surface area (Å²) in [6.07, 6.45) is -4.06. The Morgan fingerprint density at radius 2 is 2.04 bits per heavy atom. The van der Waals surface area contributed by atoms with E-state index < -0.39 is 11.9 Å². The van der Waals surface area contributed by atoms with E-state index in [0.717, 1.165) is 22.3 Å². The third-order valence-electron chi connectivity index (χ3n) is 3.47. The minimum Gasteiger partial charge on any atom is -0.357 e. The molecule has 0 spiro atoms. The maximum atomic E-state index is 13.6. The van der Waals surface area contributed by atoms with Crippen LogP contribution in [0, 0.1) is 12.7 Å². The van der Waals surface area contributed by atoms with Crippen molar-refractivity contribution in [2.45, 2.75) is 33.0 Å². The van der Waals surface area contributed by atoms with E-state index >= 15 is 0 Å². The third kappa shape index (κ3) is 5.98. The number of halogens is 4. The fraction of sp³-hybridized carbons (Fsp3) is 0.412. The molecule has 0 saturated carbocycles. The molecule has 0 saturated heterocycles. The van der Waals surface area contributed by atoms with Gasteiger partial charge in [-0.1, -0.05) is 12.1 Å². The zero-order valence-electron chi connectivity index (χ0n) is 14.5. The largest absolute Gasteiger partial charge is 0.434 e. The van der Waals surface area contributed by atoms with Crippen molar-refractivity contribution in [3.05, 3.63) is 51.2 Å². The van der Waals surface area contributed by atoms with Crippen LogP contribution in [-0.4, -0.2) is 24.0 Å². The van der Waals surface area contributed by atoms with Gasteiger partial charge in [0, 0.05) is 24.9 Å². The summed E-state index contributed by atoms with van der Waals surface area (Å²) in [6, 6.07) is 4.94. The fourth-order valence-corrected chi connectivity index (χ4v) is 2.90. The van der Waals surface area contributed by atoms with E-state index in [9.17, 15) is 17.6 Å². The molecule has 0 aliphatic carbocycles. The molecule has 1 aromatic carbocycles.